The van der Waals surface area contributed by atoms with Gasteiger partial charge in [-0.1, -0.05) is 48.5 Å². The number of nitrogen functional groups attached to an aromatic ring is 1. The minimum absolute atomic E-state index is 0.0700. The number of aromatic nitrogens is 2. The number of rotatable bonds is 7. The SMILES string of the molecule is N=C(N)c1cccc(-c2cc(S(=O)(=O)c3cc[nH]c3-c3ccccc3)ncc2NC2CCC(O)CC2)c1. The number of nitrogens with zero attached hydrogens (tertiary/aromatic N) is 1. The summed E-state index contributed by atoms with van der Waals surface area (Å²) in [5.74, 6) is -0.0700. The highest BCUT2D eigenvalue weighted by Crippen LogP contribution is 2.35. The van der Waals surface area contributed by atoms with E-state index in [4.69, 9.17) is 11.1 Å². The second-order valence-corrected chi connectivity index (χ2v) is 11.2. The number of aromatic amines is 1. The molecule has 2 aromatic heterocycles. The number of nitrogens with one attached hydrogen (secondary N) is 3. The van der Waals surface area contributed by atoms with E-state index in [1.54, 1.807) is 42.7 Å². The number of sulfone groups is 1. The summed E-state index contributed by atoms with van der Waals surface area (Å²) in [5, 5.41) is 21.2. The van der Waals surface area contributed by atoms with E-state index in [2.05, 4.69) is 15.3 Å². The molecule has 0 saturated heterocycles. The summed E-state index contributed by atoms with van der Waals surface area (Å²) in [4.78, 5) is 7.59. The van der Waals surface area contributed by atoms with Crippen molar-refractivity contribution in [2.75, 3.05) is 5.32 Å². The van der Waals surface area contributed by atoms with Gasteiger partial charge in [-0.2, -0.15) is 0 Å². The second kappa shape index (κ2) is 10.2. The lowest BCUT2D eigenvalue weighted by atomic mass is 9.92. The van der Waals surface area contributed by atoms with Crippen LogP contribution in [-0.2, 0) is 9.84 Å². The number of pyridine rings is 1. The molecule has 8 nitrogen and oxygen atoms in total. The van der Waals surface area contributed by atoms with E-state index in [1.807, 2.05) is 36.4 Å². The van der Waals surface area contributed by atoms with Crippen molar-refractivity contribution >= 4 is 21.4 Å². The third kappa shape index (κ3) is 5.14. The summed E-state index contributed by atoms with van der Waals surface area (Å²) in [7, 11) is -3.96. The Kier molecular flexibility index (Phi) is 6.82. The van der Waals surface area contributed by atoms with Crippen molar-refractivity contribution in [2.24, 2.45) is 5.73 Å². The molecule has 0 spiro atoms. The summed E-state index contributed by atoms with van der Waals surface area (Å²) < 4.78 is 27.6. The molecular weight excluding hydrogens is 486 g/mol. The molecule has 2 aromatic carbocycles. The highest BCUT2D eigenvalue weighted by molar-refractivity contribution is 7.91. The van der Waals surface area contributed by atoms with Crippen molar-refractivity contribution in [3.05, 3.63) is 84.7 Å². The van der Waals surface area contributed by atoms with Crippen molar-refractivity contribution in [1.82, 2.24) is 9.97 Å². The molecule has 1 aliphatic carbocycles. The van der Waals surface area contributed by atoms with Crippen molar-refractivity contribution < 1.29 is 13.5 Å². The third-order valence-electron chi connectivity index (χ3n) is 6.76. The molecule has 4 aromatic rings. The number of H-pyrrole nitrogens is 1. The number of hydrogen-bond donors (Lipinski definition) is 5. The first-order valence-electron chi connectivity index (χ1n) is 12.2. The number of hydrogen-bond acceptors (Lipinski definition) is 6. The van der Waals surface area contributed by atoms with E-state index in [0.717, 1.165) is 24.0 Å². The van der Waals surface area contributed by atoms with Crippen LogP contribution in [0.15, 0.2) is 89.0 Å². The van der Waals surface area contributed by atoms with Gasteiger partial charge in [0.1, 0.15) is 5.84 Å². The van der Waals surface area contributed by atoms with Crippen LogP contribution in [0.2, 0.25) is 0 Å². The molecular formula is C28H29N5O3S. The maximum Gasteiger partial charge on any atom is 0.225 e. The number of amidine groups is 1. The molecule has 0 bridgehead atoms. The lowest BCUT2D eigenvalue weighted by Crippen LogP contribution is -2.28. The quantitative estimate of drug-likeness (QED) is 0.180. The van der Waals surface area contributed by atoms with Crippen LogP contribution in [-0.4, -0.2) is 41.5 Å². The third-order valence-corrected chi connectivity index (χ3v) is 8.45. The molecule has 1 aliphatic rings. The monoisotopic (exact) mass is 515 g/mol. The Morgan fingerprint density at radius 3 is 2.46 bits per heavy atom. The molecule has 5 rings (SSSR count). The van der Waals surface area contributed by atoms with Gasteiger partial charge in [0.05, 0.1) is 28.6 Å². The topological polar surface area (TPSA) is 145 Å². The molecule has 0 amide bonds. The maximum absolute atomic E-state index is 13.8. The molecule has 2 heterocycles. The fraction of sp³-hybridized carbons (Fsp3) is 0.214. The van der Waals surface area contributed by atoms with Crippen molar-refractivity contribution in [3.8, 4) is 22.4 Å². The van der Waals surface area contributed by atoms with Gasteiger partial charge in [-0.15, -0.1) is 0 Å². The minimum atomic E-state index is -3.96. The molecule has 0 radical (unpaired) electrons. The molecule has 9 heteroatoms. The number of benzene rings is 2. The van der Waals surface area contributed by atoms with Gasteiger partial charge in [0.15, 0.2) is 5.03 Å². The predicted octanol–water partition coefficient (Wildman–Crippen LogP) is 4.58. The first-order chi connectivity index (χ1) is 17.8. The summed E-state index contributed by atoms with van der Waals surface area (Å²) >= 11 is 0. The van der Waals surface area contributed by atoms with Crippen LogP contribution in [0.1, 0.15) is 31.2 Å². The zero-order chi connectivity index (χ0) is 26.0. The molecule has 0 atom stereocenters. The lowest BCUT2D eigenvalue weighted by molar-refractivity contribution is 0.126. The molecule has 0 aliphatic heterocycles. The second-order valence-electron chi connectivity index (χ2n) is 9.30. The Morgan fingerprint density at radius 2 is 1.73 bits per heavy atom. The molecule has 190 valence electrons. The van der Waals surface area contributed by atoms with Gasteiger partial charge >= 0.3 is 0 Å². The van der Waals surface area contributed by atoms with E-state index in [0.29, 0.717) is 35.3 Å². The van der Waals surface area contributed by atoms with Crippen LogP contribution in [0.5, 0.6) is 0 Å². The molecule has 0 unspecified atom stereocenters. The van der Waals surface area contributed by atoms with Crippen LogP contribution in [0.25, 0.3) is 22.4 Å². The van der Waals surface area contributed by atoms with Gasteiger partial charge in [-0.3, -0.25) is 5.41 Å². The summed E-state index contributed by atoms with van der Waals surface area (Å²) in [6.45, 7) is 0. The van der Waals surface area contributed by atoms with E-state index in [9.17, 15) is 13.5 Å². The smallest absolute Gasteiger partial charge is 0.225 e. The van der Waals surface area contributed by atoms with Gasteiger partial charge in [-0.05, 0) is 55.0 Å². The first kappa shape index (κ1) is 24.7. The number of aliphatic hydroxyl groups is 1. The van der Waals surface area contributed by atoms with Crippen molar-refractivity contribution in [3.63, 3.8) is 0 Å². The number of nitrogens with two attached hydrogens (primary N) is 1. The van der Waals surface area contributed by atoms with Crippen LogP contribution in [0.4, 0.5) is 5.69 Å². The minimum Gasteiger partial charge on any atom is -0.393 e. The van der Waals surface area contributed by atoms with Crippen molar-refractivity contribution in [1.29, 1.82) is 5.41 Å². The molecule has 1 fully saturated rings. The lowest BCUT2D eigenvalue weighted by Gasteiger charge is -2.28. The average Bonchev–Trinajstić information content (AvgIpc) is 3.42. The zero-order valence-corrected chi connectivity index (χ0v) is 21.0. The van der Waals surface area contributed by atoms with Gasteiger partial charge < -0.3 is 21.1 Å². The zero-order valence-electron chi connectivity index (χ0n) is 20.2. The standard InChI is InChI=1S/C28H29N5O3S/c29-28(30)20-8-4-7-19(15-20)23-16-26(32-17-24(23)33-21-9-11-22(34)12-10-21)37(35,36)25-13-14-31-27(25)18-5-2-1-3-6-18/h1-8,13-17,21-22,31,33-34H,9-12H2,(H3,29,30). The number of anilines is 1. The average molecular weight is 516 g/mol. The highest BCUT2D eigenvalue weighted by atomic mass is 32.2. The fourth-order valence-electron chi connectivity index (χ4n) is 4.75. The Balaban J connectivity index is 1.59. The largest absolute Gasteiger partial charge is 0.393 e. The molecule has 6 N–H and O–H groups in total. The van der Waals surface area contributed by atoms with Gasteiger partial charge in [-0.25, -0.2) is 13.4 Å². The van der Waals surface area contributed by atoms with E-state index < -0.39 is 9.84 Å². The van der Waals surface area contributed by atoms with E-state index >= 15 is 0 Å². The maximum atomic E-state index is 13.8. The van der Waals surface area contributed by atoms with Crippen LogP contribution < -0.4 is 11.1 Å². The van der Waals surface area contributed by atoms with Crippen LogP contribution in [0, 0.1) is 5.41 Å². The van der Waals surface area contributed by atoms with E-state index in [-0.39, 0.29) is 27.9 Å². The Labute approximate surface area is 216 Å². The summed E-state index contributed by atoms with van der Waals surface area (Å²) in [6.07, 6.45) is 5.92. The molecule has 37 heavy (non-hydrogen) atoms. The summed E-state index contributed by atoms with van der Waals surface area (Å²) in [5.41, 5.74) is 9.61. The highest BCUT2D eigenvalue weighted by Gasteiger charge is 2.27. The van der Waals surface area contributed by atoms with Gasteiger partial charge in [0.2, 0.25) is 9.84 Å². The predicted molar refractivity (Wildman–Crippen MR) is 144 cm³/mol. The molecule has 1 saturated carbocycles. The number of aliphatic hydroxyl groups excluding tert-OH is 1. The van der Waals surface area contributed by atoms with Crippen LogP contribution in [0.3, 0.4) is 0 Å². The van der Waals surface area contributed by atoms with Gasteiger partial charge in [0.25, 0.3) is 0 Å². The summed E-state index contributed by atoms with van der Waals surface area (Å²) in [6, 6.07) is 19.7. The van der Waals surface area contributed by atoms with Crippen molar-refractivity contribution in [2.45, 2.75) is 47.8 Å². The van der Waals surface area contributed by atoms with Gasteiger partial charge in [0, 0.05) is 23.4 Å². The Morgan fingerprint density at radius 1 is 1.00 bits per heavy atom. The first-order valence-corrected chi connectivity index (χ1v) is 13.7. The van der Waals surface area contributed by atoms with E-state index in [1.165, 1.54) is 0 Å². The normalized spacial score (nSPS) is 17.9. The van der Waals surface area contributed by atoms with Crippen LogP contribution >= 0.6 is 0 Å². The fourth-order valence-corrected chi connectivity index (χ4v) is 6.14. The Bertz CT molecular complexity index is 1520. The Hall–Kier alpha value is -3.95.